The van der Waals surface area contributed by atoms with E-state index in [4.69, 9.17) is 9.68 Å². The van der Waals surface area contributed by atoms with Crippen molar-refractivity contribution in [3.63, 3.8) is 0 Å². The van der Waals surface area contributed by atoms with Gasteiger partial charge in [-0.15, -0.1) is 10.1 Å². The number of hydrogen-bond acceptors (Lipinski definition) is 17. The maximum absolute atomic E-state index is 14.1. The number of thiol groups is 1. The molecule has 2 aliphatic rings. The minimum atomic E-state index is -1.20. The third-order valence-corrected chi connectivity index (χ3v) is 13.5. The number of nitro groups is 1. The van der Waals surface area contributed by atoms with Crippen LogP contribution >= 0.6 is 36.2 Å². The van der Waals surface area contributed by atoms with Crippen LogP contribution in [0, 0.1) is 16.0 Å². The van der Waals surface area contributed by atoms with E-state index in [0.29, 0.717) is 30.0 Å². The second-order valence-corrected chi connectivity index (χ2v) is 20.6. The molecule has 2 aliphatic heterocycles. The van der Waals surface area contributed by atoms with Crippen molar-refractivity contribution in [2.75, 3.05) is 66.7 Å². The summed E-state index contributed by atoms with van der Waals surface area (Å²) in [4.78, 5) is 111. The number of benzene rings is 1. The van der Waals surface area contributed by atoms with Gasteiger partial charge in [0.2, 0.25) is 35.4 Å². The first-order valence-corrected chi connectivity index (χ1v) is 27.2. The number of anilines is 2. The summed E-state index contributed by atoms with van der Waals surface area (Å²) in [6, 6.07) is -0.918. The van der Waals surface area contributed by atoms with Crippen molar-refractivity contribution >= 4 is 94.6 Å². The van der Waals surface area contributed by atoms with Gasteiger partial charge in [0.25, 0.3) is 5.69 Å². The molecule has 7 N–H and O–H groups in total. The molecule has 0 spiro atoms. The third kappa shape index (κ3) is 20.7. The predicted molar refractivity (Wildman–Crippen MR) is 285 cm³/mol. The van der Waals surface area contributed by atoms with Gasteiger partial charge in [-0.1, -0.05) is 54.9 Å². The zero-order valence-electron chi connectivity index (χ0n) is 42.6. The number of likely N-dealkylation sites (tertiary alicyclic amines) is 1. The van der Waals surface area contributed by atoms with E-state index in [1.165, 1.54) is 64.4 Å². The van der Waals surface area contributed by atoms with E-state index in [1.807, 2.05) is 20.1 Å². The number of thioether (sulfide) groups is 2. The van der Waals surface area contributed by atoms with Gasteiger partial charge in [-0.25, -0.2) is 10.3 Å². The van der Waals surface area contributed by atoms with E-state index in [2.05, 4.69) is 96.0 Å². The Morgan fingerprint density at radius 1 is 0.917 bits per heavy atom. The number of para-hydroxylation sites is 1. The zero-order chi connectivity index (χ0) is 53.3. The molecule has 0 saturated carbocycles. The summed E-state index contributed by atoms with van der Waals surface area (Å²) in [6.45, 7) is 11.5. The normalized spacial score (nSPS) is 16.1. The number of carbonyl (C=O) groups excluding carboxylic acids is 7. The van der Waals surface area contributed by atoms with Crippen molar-refractivity contribution in [1.82, 2.24) is 36.9 Å². The quantitative estimate of drug-likeness (QED) is 0.0129. The molecule has 400 valence electrons. The van der Waals surface area contributed by atoms with Gasteiger partial charge in [0, 0.05) is 29.9 Å². The van der Waals surface area contributed by atoms with Crippen LogP contribution in [-0.4, -0.2) is 137 Å². The highest BCUT2D eigenvalue weighted by atomic mass is 32.2. The Labute approximate surface area is 436 Å². The molecule has 0 radical (unpaired) electrons. The van der Waals surface area contributed by atoms with Gasteiger partial charge in [-0.05, 0) is 103 Å². The molecular formula is C48H74N10O11S3. The average molecular weight is 1060 g/mol. The summed E-state index contributed by atoms with van der Waals surface area (Å²) in [5.41, 5.74) is 9.09. The number of nitrogens with one attached hydrogen (secondary N) is 7. The number of esters is 1. The molecule has 1 aromatic rings. The number of nitrogens with zero attached hydrogens (tertiary/aromatic N) is 3. The zero-order valence-corrected chi connectivity index (χ0v) is 45.2. The van der Waals surface area contributed by atoms with Crippen molar-refractivity contribution < 1.29 is 48.2 Å². The lowest BCUT2D eigenvalue weighted by atomic mass is 10.0. The summed E-state index contributed by atoms with van der Waals surface area (Å²) in [5.74, 6) is -3.22. The molecule has 5 atom stereocenters. The first-order valence-electron chi connectivity index (χ1n) is 24.0. The topological polar surface area (TPSA) is 272 Å². The maximum Gasteiger partial charge on any atom is 0.329 e. The Morgan fingerprint density at radius 2 is 1.60 bits per heavy atom. The molecule has 1 fully saturated rings. The summed E-state index contributed by atoms with van der Waals surface area (Å²) < 4.78 is 5.02. The number of hydrogen-bond donors (Lipinski definition) is 8. The lowest BCUT2D eigenvalue weighted by Gasteiger charge is -2.30. The Bertz CT molecular complexity index is 2140. The number of hydrazine groups is 1. The fraction of sp³-hybridized carbons (Fsp3) is 0.604. The number of allylic oxidation sites excluding steroid dienone is 5. The monoisotopic (exact) mass is 1060 g/mol. The minimum Gasteiger partial charge on any atom is -0.467 e. The lowest BCUT2D eigenvalue weighted by Crippen LogP contribution is -2.57. The number of rotatable bonds is 31. The molecule has 24 heteroatoms. The van der Waals surface area contributed by atoms with Crippen molar-refractivity contribution in [3.05, 3.63) is 63.3 Å². The highest BCUT2D eigenvalue weighted by Gasteiger charge is 2.39. The number of methoxy groups -OCH3 is 1. The highest BCUT2D eigenvalue weighted by molar-refractivity contribution is 7.99. The van der Waals surface area contributed by atoms with Crippen molar-refractivity contribution in [2.45, 2.75) is 123 Å². The molecule has 0 unspecified atom stereocenters. The molecule has 0 bridgehead atoms. The van der Waals surface area contributed by atoms with Crippen LogP contribution in [0.4, 0.5) is 17.1 Å². The fourth-order valence-corrected chi connectivity index (χ4v) is 9.35. The van der Waals surface area contributed by atoms with Crippen LogP contribution in [0.5, 0.6) is 0 Å². The van der Waals surface area contributed by atoms with Crippen LogP contribution < -0.4 is 42.7 Å². The summed E-state index contributed by atoms with van der Waals surface area (Å²) in [5, 5.41) is 25.7. The largest absolute Gasteiger partial charge is 0.467 e. The Kier molecular flexibility index (Phi) is 27.1. The second kappa shape index (κ2) is 32.0. The van der Waals surface area contributed by atoms with Gasteiger partial charge in [0.1, 0.15) is 30.2 Å². The first kappa shape index (κ1) is 61.0. The van der Waals surface area contributed by atoms with Crippen molar-refractivity contribution in [3.8, 4) is 0 Å². The molecular weight excluding hydrogens is 989 g/mol. The SMILES string of the molecule is COC(=O)[C@H](CSC/C=C(\C)CC/C=C(\C)CCC=C(C)C)NC(=O)[C@@H]1CCCN1C(=O)[C@H](CC(C)C)NC(=O)CNC(=O)[C@H](CCSC)NC(=O)[C@H](CS)NC(=O)CNN1ONc2cccc([N+](=O)[O-])c21. The number of carbonyl (C=O) groups is 7. The number of amides is 6. The van der Waals surface area contributed by atoms with Gasteiger partial charge in [0.05, 0.1) is 30.8 Å². The molecule has 1 saturated heterocycles. The van der Waals surface area contributed by atoms with E-state index in [1.54, 1.807) is 6.07 Å². The average Bonchev–Trinajstić information content (AvgIpc) is 4.01. The molecule has 1 aromatic carbocycles. The van der Waals surface area contributed by atoms with Gasteiger partial charge in [-0.2, -0.15) is 41.6 Å². The summed E-state index contributed by atoms with van der Waals surface area (Å²) in [6.07, 6.45) is 13.7. The summed E-state index contributed by atoms with van der Waals surface area (Å²) >= 11 is 7.12. The number of ether oxygens (including phenoxy) is 1. The van der Waals surface area contributed by atoms with Crippen LogP contribution in [0.15, 0.2) is 53.1 Å². The van der Waals surface area contributed by atoms with Gasteiger partial charge >= 0.3 is 5.97 Å². The Balaban J connectivity index is 1.55. The third-order valence-electron chi connectivity index (χ3n) is 11.5. The second-order valence-electron chi connectivity index (χ2n) is 18.1. The van der Waals surface area contributed by atoms with Crippen LogP contribution in [0.1, 0.15) is 92.9 Å². The molecule has 0 aromatic heterocycles. The molecule has 3 rings (SSSR count). The minimum absolute atomic E-state index is 0.0411. The standard InChI is InChI=1S/C48H74N10O11S3/c1-30(2)13-9-14-32(5)15-10-16-33(6)20-24-72-29-38(48(65)68-7)54-46(63)40-19-12-22-56(40)47(64)36(25-31(3)4)51-41(59)26-49-44(61)35(21-23-71-8)53-45(62)37(28-70)52-42(60)27-50-57-43-34(55-69-57)17-11-18-39(43)58(66)67/h11,13,15,17-18,20,31,35-38,40,50,55,70H,9-10,12,14,16,19,21-29H2,1-8H3,(H,49,61)(H,51,59)(H,52,60)(H,53,62)(H,54,63)/b32-15+,33-20+/t35-,36-,37-,38-,40-/m0/s1. The lowest BCUT2D eigenvalue weighted by molar-refractivity contribution is -0.384. The molecule has 6 amide bonds. The van der Waals surface area contributed by atoms with Gasteiger partial charge in [0.15, 0.2) is 5.69 Å². The first-order chi connectivity index (χ1) is 34.3. The van der Waals surface area contributed by atoms with Gasteiger partial charge in [-0.3, -0.25) is 38.9 Å². The van der Waals surface area contributed by atoms with Crippen molar-refractivity contribution in [1.29, 1.82) is 0 Å². The number of nitro benzene ring substituents is 1. The van der Waals surface area contributed by atoms with E-state index < -0.39 is 89.6 Å². The van der Waals surface area contributed by atoms with E-state index >= 15 is 0 Å². The maximum atomic E-state index is 14.1. The smallest absolute Gasteiger partial charge is 0.329 e. The molecule has 2 heterocycles. The van der Waals surface area contributed by atoms with Gasteiger partial charge < -0.3 is 36.2 Å². The molecule has 72 heavy (non-hydrogen) atoms. The predicted octanol–water partition coefficient (Wildman–Crippen LogP) is 4.28. The highest BCUT2D eigenvalue weighted by Crippen LogP contribution is 2.38. The molecule has 0 aliphatic carbocycles. The van der Waals surface area contributed by atoms with Crippen LogP contribution in [0.25, 0.3) is 0 Å². The number of fused-ring (bicyclic) bond motifs is 1. The van der Waals surface area contributed by atoms with Crippen LogP contribution in [-0.2, 0) is 43.2 Å². The summed E-state index contributed by atoms with van der Waals surface area (Å²) in [7, 11) is 1.26. The van der Waals surface area contributed by atoms with Crippen LogP contribution in [0.2, 0.25) is 0 Å². The van der Waals surface area contributed by atoms with Crippen LogP contribution in [0.3, 0.4) is 0 Å². The molecule has 21 nitrogen and oxygen atoms in total. The Morgan fingerprint density at radius 3 is 2.25 bits per heavy atom. The fourth-order valence-electron chi connectivity index (χ4n) is 7.62. The van der Waals surface area contributed by atoms with Crippen molar-refractivity contribution in [2.24, 2.45) is 5.92 Å². The Hall–Kier alpha value is -5.30. The van der Waals surface area contributed by atoms with E-state index in [9.17, 15) is 43.7 Å². The van der Waals surface area contributed by atoms with E-state index in [0.717, 1.165) is 30.9 Å². The van der Waals surface area contributed by atoms with E-state index in [-0.39, 0.29) is 48.2 Å².